The van der Waals surface area contributed by atoms with Crippen LogP contribution in [0.5, 0.6) is 0 Å². The lowest BCUT2D eigenvalue weighted by Gasteiger charge is -2.28. The van der Waals surface area contributed by atoms with E-state index >= 15 is 0 Å². The first-order valence-electron chi connectivity index (χ1n) is 13.7. The maximum atomic E-state index is 14.2. The van der Waals surface area contributed by atoms with E-state index < -0.39 is 0 Å². The topological polar surface area (TPSA) is 116 Å². The van der Waals surface area contributed by atoms with E-state index in [0.29, 0.717) is 72.9 Å². The molecule has 42 heavy (non-hydrogen) atoms. The van der Waals surface area contributed by atoms with Crippen LogP contribution in [0.2, 0.25) is 0 Å². The summed E-state index contributed by atoms with van der Waals surface area (Å²) in [5, 5.41) is 12.4. The zero-order valence-electron chi connectivity index (χ0n) is 24.3. The molecule has 4 N–H and O–H groups in total. The molecule has 8 heteroatoms. The molecule has 0 bridgehead atoms. The predicted molar refractivity (Wildman–Crippen MR) is 166 cm³/mol. The predicted octanol–water partition coefficient (Wildman–Crippen LogP) is 6.03. The van der Waals surface area contributed by atoms with E-state index in [1.165, 1.54) is 0 Å². The highest BCUT2D eigenvalue weighted by atomic mass is 16.1. The summed E-state index contributed by atoms with van der Waals surface area (Å²) in [6.07, 6.45) is 0. The molecule has 4 aromatic rings. The average molecular weight is 559 g/mol. The Hall–Kier alpha value is -5.24. The van der Waals surface area contributed by atoms with Gasteiger partial charge < -0.3 is 21.3 Å². The van der Waals surface area contributed by atoms with E-state index in [9.17, 15) is 19.2 Å². The van der Waals surface area contributed by atoms with E-state index in [-0.39, 0.29) is 39.8 Å². The minimum atomic E-state index is -0.310. The molecule has 8 nitrogen and oxygen atoms in total. The number of rotatable bonds is 5. The van der Waals surface area contributed by atoms with Crippen molar-refractivity contribution in [2.45, 2.75) is 20.8 Å². The van der Waals surface area contributed by atoms with Gasteiger partial charge in [-0.25, -0.2) is 0 Å². The highest BCUT2D eigenvalue weighted by Crippen LogP contribution is 2.43. The molecule has 0 atom stereocenters. The van der Waals surface area contributed by atoms with Crippen LogP contribution < -0.4 is 21.3 Å². The largest absolute Gasteiger partial charge is 0.388 e. The van der Waals surface area contributed by atoms with Crippen molar-refractivity contribution < 1.29 is 19.2 Å². The van der Waals surface area contributed by atoms with Gasteiger partial charge >= 0.3 is 0 Å². The molecule has 6 rings (SSSR count). The van der Waals surface area contributed by atoms with Crippen molar-refractivity contribution >= 4 is 51.6 Å². The molecule has 0 radical (unpaired) electrons. The molecule has 0 aromatic heterocycles. The number of fused-ring (bicyclic) bond motifs is 4. The lowest BCUT2D eigenvalue weighted by Crippen LogP contribution is -2.27. The molecule has 0 fully saturated rings. The van der Waals surface area contributed by atoms with E-state index in [1.54, 1.807) is 64.5 Å². The van der Waals surface area contributed by atoms with Gasteiger partial charge in [-0.15, -0.1) is 0 Å². The van der Waals surface area contributed by atoms with Gasteiger partial charge in [0.15, 0.2) is 23.1 Å². The van der Waals surface area contributed by atoms with Gasteiger partial charge in [0.05, 0.1) is 39.2 Å². The smallest absolute Gasteiger partial charge is 0.198 e. The van der Waals surface area contributed by atoms with E-state index in [4.69, 9.17) is 0 Å². The lowest BCUT2D eigenvalue weighted by molar-refractivity contribution is 0.0979. The number of nitrogens with one attached hydrogen (secondary N) is 4. The normalized spacial score (nSPS) is 13.2. The maximum absolute atomic E-state index is 14.2. The van der Waals surface area contributed by atoms with Gasteiger partial charge in [0, 0.05) is 54.9 Å². The summed E-state index contributed by atoms with van der Waals surface area (Å²) in [7, 11) is 5.13. The molecule has 2 aliphatic rings. The third-order valence-electron chi connectivity index (χ3n) is 8.34. The van der Waals surface area contributed by atoms with Crippen LogP contribution in [0.1, 0.15) is 80.4 Å². The van der Waals surface area contributed by atoms with Gasteiger partial charge in [-0.3, -0.25) is 19.2 Å². The highest BCUT2D eigenvalue weighted by Gasteiger charge is 2.39. The zero-order chi connectivity index (χ0) is 30.0. The third kappa shape index (κ3) is 3.61. The highest BCUT2D eigenvalue weighted by molar-refractivity contribution is 6.35. The zero-order valence-corrected chi connectivity index (χ0v) is 24.3. The van der Waals surface area contributed by atoms with Gasteiger partial charge in [0.2, 0.25) is 0 Å². The van der Waals surface area contributed by atoms with Crippen LogP contribution in [0.4, 0.5) is 28.4 Å². The number of aryl methyl sites for hydroxylation is 3. The summed E-state index contributed by atoms with van der Waals surface area (Å²) < 4.78 is 0. The van der Waals surface area contributed by atoms with Crippen LogP contribution in [0.3, 0.4) is 0 Å². The summed E-state index contributed by atoms with van der Waals surface area (Å²) in [4.78, 5) is 56.3. The Morgan fingerprint density at radius 3 is 0.976 bits per heavy atom. The molecule has 0 spiro atoms. The van der Waals surface area contributed by atoms with E-state index in [2.05, 4.69) is 21.3 Å². The SMILES string of the molecule is CNc1ccc(C)c2c1C(=O)c1c(C)ccc(Nc3ccc(NC)c4c3C(=O)c3c(NC)ccc(C)c3C4=O)c1C2=O. The fourth-order valence-corrected chi connectivity index (χ4v) is 6.26. The van der Waals surface area contributed by atoms with Crippen molar-refractivity contribution in [3.05, 3.63) is 110 Å². The molecular formula is C34H30N4O4. The van der Waals surface area contributed by atoms with Gasteiger partial charge in [-0.2, -0.15) is 0 Å². The van der Waals surface area contributed by atoms with Crippen LogP contribution in [0.25, 0.3) is 0 Å². The Labute approximate surface area is 243 Å². The summed E-state index contributed by atoms with van der Waals surface area (Å²) in [6, 6.07) is 14.2. The number of benzene rings is 4. The van der Waals surface area contributed by atoms with Crippen molar-refractivity contribution in [1.82, 2.24) is 0 Å². The monoisotopic (exact) mass is 558 g/mol. The molecule has 2 aliphatic carbocycles. The first-order chi connectivity index (χ1) is 20.1. The molecule has 0 saturated carbocycles. The molecule has 0 saturated heterocycles. The lowest BCUT2D eigenvalue weighted by atomic mass is 9.78. The molecule has 0 unspecified atom stereocenters. The second kappa shape index (κ2) is 9.69. The Kier molecular flexibility index (Phi) is 6.22. The minimum Gasteiger partial charge on any atom is -0.388 e. The number of ketones is 4. The number of carbonyl (C=O) groups excluding carboxylic acids is 4. The van der Waals surface area contributed by atoms with Crippen LogP contribution in [-0.4, -0.2) is 44.3 Å². The fraction of sp³-hybridized carbons (Fsp3) is 0.176. The van der Waals surface area contributed by atoms with Gasteiger partial charge in [0.1, 0.15) is 0 Å². The van der Waals surface area contributed by atoms with E-state index in [1.807, 2.05) is 26.0 Å². The van der Waals surface area contributed by atoms with Gasteiger partial charge in [0.25, 0.3) is 0 Å². The quantitative estimate of drug-likeness (QED) is 0.203. The Balaban J connectivity index is 1.57. The summed E-state index contributed by atoms with van der Waals surface area (Å²) in [5.41, 5.74) is 6.94. The van der Waals surface area contributed by atoms with Crippen LogP contribution >= 0.6 is 0 Å². The molecule has 0 amide bonds. The number of hydrogen-bond acceptors (Lipinski definition) is 8. The molecule has 0 aliphatic heterocycles. The average Bonchev–Trinajstić information content (AvgIpc) is 2.98. The van der Waals surface area contributed by atoms with Crippen LogP contribution in [-0.2, 0) is 0 Å². The Bertz CT molecular complexity index is 1920. The number of carbonyl (C=O) groups is 4. The molecule has 0 heterocycles. The fourth-order valence-electron chi connectivity index (χ4n) is 6.26. The first-order valence-corrected chi connectivity index (χ1v) is 13.7. The Morgan fingerprint density at radius 1 is 0.357 bits per heavy atom. The van der Waals surface area contributed by atoms with Crippen molar-refractivity contribution in [1.29, 1.82) is 0 Å². The number of hydrogen-bond donors (Lipinski definition) is 4. The molecular weight excluding hydrogens is 528 g/mol. The summed E-state index contributed by atoms with van der Waals surface area (Å²) in [6.45, 7) is 5.43. The minimum absolute atomic E-state index is 0.208. The second-order valence-corrected chi connectivity index (χ2v) is 10.6. The maximum Gasteiger partial charge on any atom is 0.198 e. The van der Waals surface area contributed by atoms with Crippen molar-refractivity contribution in [2.75, 3.05) is 42.4 Å². The van der Waals surface area contributed by atoms with E-state index in [0.717, 1.165) is 0 Å². The summed E-state index contributed by atoms with van der Waals surface area (Å²) >= 11 is 0. The van der Waals surface area contributed by atoms with Crippen molar-refractivity contribution in [3.8, 4) is 0 Å². The van der Waals surface area contributed by atoms with Crippen molar-refractivity contribution in [3.63, 3.8) is 0 Å². The number of anilines is 5. The van der Waals surface area contributed by atoms with Crippen LogP contribution in [0, 0.1) is 20.8 Å². The van der Waals surface area contributed by atoms with Crippen LogP contribution in [0.15, 0.2) is 48.5 Å². The first kappa shape index (κ1) is 27.0. The van der Waals surface area contributed by atoms with Crippen molar-refractivity contribution in [2.24, 2.45) is 0 Å². The molecule has 4 aromatic carbocycles. The molecule has 210 valence electrons. The standard InChI is InChI=1S/C34H30N4O4/c1-15-7-10-18(35-4)26-23(15)33(41)29-21(12-9-17(3)25(29)31(26)39)38-22-14-13-20(37-6)28-30(22)34(42)27-19(36-5)11-8-16(2)24(27)32(28)40/h7-14,35-38H,1-6H3. The second-order valence-electron chi connectivity index (χ2n) is 10.6. The van der Waals surface area contributed by atoms with Gasteiger partial charge in [-0.05, 0) is 67.8 Å². The summed E-state index contributed by atoms with van der Waals surface area (Å²) in [5.74, 6) is -1.09. The third-order valence-corrected chi connectivity index (χ3v) is 8.34. The van der Waals surface area contributed by atoms with Gasteiger partial charge in [-0.1, -0.05) is 18.2 Å². The Morgan fingerprint density at radius 2 is 0.595 bits per heavy atom.